The maximum Gasteiger partial charge on any atom is 0.356 e. The lowest BCUT2D eigenvalue weighted by molar-refractivity contribution is 0.0519. The van der Waals surface area contributed by atoms with Crippen LogP contribution < -0.4 is 4.74 Å². The van der Waals surface area contributed by atoms with E-state index in [-0.39, 0.29) is 17.9 Å². The third-order valence-electron chi connectivity index (χ3n) is 2.53. The Kier molecular flexibility index (Phi) is 3.79. The standard InChI is InChI=1S/C13H13FN2O3/c1-3-19-13(17)12-7-11(15-16-12)9-5-4-8(18-2)6-10(9)14/h4-7H,3H2,1-2H3,(H,15,16). The molecule has 0 amide bonds. The largest absolute Gasteiger partial charge is 0.497 e. The van der Waals surface area contributed by atoms with E-state index >= 15 is 0 Å². The number of aromatic amines is 1. The molecule has 0 aliphatic rings. The third-order valence-corrected chi connectivity index (χ3v) is 2.53. The molecule has 19 heavy (non-hydrogen) atoms. The minimum absolute atomic E-state index is 0.187. The molecule has 1 heterocycles. The van der Waals surface area contributed by atoms with E-state index in [1.165, 1.54) is 19.2 Å². The SMILES string of the molecule is CCOC(=O)c1cc(-c2ccc(OC)cc2F)n[nH]1. The number of rotatable bonds is 4. The molecule has 1 aromatic heterocycles. The summed E-state index contributed by atoms with van der Waals surface area (Å²) in [5, 5.41) is 6.42. The van der Waals surface area contributed by atoms with Gasteiger partial charge in [0.15, 0.2) is 0 Å². The summed E-state index contributed by atoms with van der Waals surface area (Å²) < 4.78 is 23.6. The van der Waals surface area contributed by atoms with Crippen molar-refractivity contribution in [2.75, 3.05) is 13.7 Å². The van der Waals surface area contributed by atoms with Gasteiger partial charge in [-0.05, 0) is 25.1 Å². The first-order chi connectivity index (χ1) is 9.15. The minimum Gasteiger partial charge on any atom is -0.497 e. The summed E-state index contributed by atoms with van der Waals surface area (Å²) in [4.78, 5) is 11.5. The molecule has 0 saturated heterocycles. The number of carbonyl (C=O) groups excluding carboxylic acids is 1. The third kappa shape index (κ3) is 2.73. The highest BCUT2D eigenvalue weighted by Gasteiger charge is 2.14. The van der Waals surface area contributed by atoms with Crippen LogP contribution in [0.25, 0.3) is 11.3 Å². The number of H-pyrrole nitrogens is 1. The van der Waals surface area contributed by atoms with E-state index in [4.69, 9.17) is 9.47 Å². The number of benzene rings is 1. The number of nitrogens with one attached hydrogen (secondary N) is 1. The maximum absolute atomic E-state index is 13.8. The summed E-state index contributed by atoms with van der Waals surface area (Å²) in [5.74, 6) is -0.571. The number of aromatic nitrogens is 2. The molecule has 2 rings (SSSR count). The Morgan fingerprint density at radius 3 is 2.84 bits per heavy atom. The van der Waals surface area contributed by atoms with E-state index in [9.17, 15) is 9.18 Å². The number of methoxy groups -OCH3 is 1. The fourth-order valence-electron chi connectivity index (χ4n) is 1.60. The number of ether oxygens (including phenoxy) is 2. The number of carbonyl (C=O) groups is 1. The average molecular weight is 264 g/mol. The fraction of sp³-hybridized carbons (Fsp3) is 0.231. The summed E-state index contributed by atoms with van der Waals surface area (Å²) in [6, 6.07) is 5.87. The van der Waals surface area contributed by atoms with Crippen LogP contribution in [0.4, 0.5) is 4.39 Å². The van der Waals surface area contributed by atoms with Gasteiger partial charge in [0.25, 0.3) is 0 Å². The van der Waals surface area contributed by atoms with Crippen LogP contribution in [0.5, 0.6) is 5.75 Å². The highest BCUT2D eigenvalue weighted by Crippen LogP contribution is 2.25. The minimum atomic E-state index is -0.518. The second-order valence-electron chi connectivity index (χ2n) is 3.73. The van der Waals surface area contributed by atoms with Gasteiger partial charge in [-0.2, -0.15) is 5.10 Å². The van der Waals surface area contributed by atoms with Crippen LogP contribution >= 0.6 is 0 Å². The van der Waals surface area contributed by atoms with Gasteiger partial charge in [0, 0.05) is 11.6 Å². The van der Waals surface area contributed by atoms with Crippen molar-refractivity contribution in [3.63, 3.8) is 0 Å². The Hall–Kier alpha value is -2.37. The topological polar surface area (TPSA) is 64.2 Å². The molecule has 0 fully saturated rings. The first kappa shape index (κ1) is 13.1. The van der Waals surface area contributed by atoms with Gasteiger partial charge in [0.05, 0.1) is 19.4 Å². The summed E-state index contributed by atoms with van der Waals surface area (Å²) >= 11 is 0. The highest BCUT2D eigenvalue weighted by atomic mass is 19.1. The predicted octanol–water partition coefficient (Wildman–Crippen LogP) is 2.40. The predicted molar refractivity (Wildman–Crippen MR) is 66.5 cm³/mol. The summed E-state index contributed by atoms with van der Waals surface area (Å²) in [5.41, 5.74) is 0.808. The Labute approximate surface area is 109 Å². The van der Waals surface area contributed by atoms with Gasteiger partial charge < -0.3 is 9.47 Å². The molecule has 5 nitrogen and oxygen atoms in total. The van der Waals surface area contributed by atoms with Crippen molar-refractivity contribution in [2.24, 2.45) is 0 Å². The van der Waals surface area contributed by atoms with Gasteiger partial charge in [-0.3, -0.25) is 5.10 Å². The molecule has 0 aliphatic heterocycles. The van der Waals surface area contributed by atoms with E-state index in [0.29, 0.717) is 11.4 Å². The van der Waals surface area contributed by atoms with Crippen molar-refractivity contribution < 1.29 is 18.7 Å². The monoisotopic (exact) mass is 264 g/mol. The summed E-state index contributed by atoms with van der Waals surface area (Å²) in [6.07, 6.45) is 0. The molecule has 0 bridgehead atoms. The highest BCUT2D eigenvalue weighted by molar-refractivity contribution is 5.88. The lowest BCUT2D eigenvalue weighted by atomic mass is 10.1. The van der Waals surface area contributed by atoms with Crippen LogP contribution in [-0.2, 0) is 4.74 Å². The molecule has 0 aliphatic carbocycles. The van der Waals surface area contributed by atoms with Gasteiger partial charge in [-0.25, -0.2) is 9.18 Å². The van der Waals surface area contributed by atoms with Crippen molar-refractivity contribution in [3.8, 4) is 17.0 Å². The van der Waals surface area contributed by atoms with Crippen molar-refractivity contribution in [3.05, 3.63) is 35.8 Å². The number of hydrogen-bond donors (Lipinski definition) is 1. The molecule has 0 atom stereocenters. The van der Waals surface area contributed by atoms with Crippen LogP contribution in [0.1, 0.15) is 17.4 Å². The smallest absolute Gasteiger partial charge is 0.356 e. The zero-order chi connectivity index (χ0) is 13.8. The van der Waals surface area contributed by atoms with E-state index in [1.54, 1.807) is 19.1 Å². The quantitative estimate of drug-likeness (QED) is 0.861. The molecule has 6 heteroatoms. The molecule has 2 aromatic rings. The Morgan fingerprint density at radius 2 is 2.21 bits per heavy atom. The second-order valence-corrected chi connectivity index (χ2v) is 3.73. The van der Waals surface area contributed by atoms with Crippen LogP contribution in [-0.4, -0.2) is 29.9 Å². The van der Waals surface area contributed by atoms with Gasteiger partial charge in [0.1, 0.15) is 17.3 Å². The molecule has 0 saturated carbocycles. The fourth-order valence-corrected chi connectivity index (χ4v) is 1.60. The van der Waals surface area contributed by atoms with Crippen LogP contribution in [0.2, 0.25) is 0 Å². The van der Waals surface area contributed by atoms with Crippen molar-refractivity contribution in [2.45, 2.75) is 6.92 Å². The summed E-state index contributed by atoms with van der Waals surface area (Å²) in [6.45, 7) is 1.97. The normalized spacial score (nSPS) is 10.3. The van der Waals surface area contributed by atoms with E-state index in [1.807, 2.05) is 0 Å². The Balaban J connectivity index is 2.30. The first-order valence-corrected chi connectivity index (χ1v) is 5.72. The van der Waals surface area contributed by atoms with Crippen molar-refractivity contribution in [1.82, 2.24) is 10.2 Å². The Bertz CT molecular complexity index is 595. The molecule has 1 N–H and O–H groups in total. The molecule has 1 aromatic carbocycles. The Morgan fingerprint density at radius 1 is 1.42 bits per heavy atom. The van der Waals surface area contributed by atoms with Crippen molar-refractivity contribution in [1.29, 1.82) is 0 Å². The lowest BCUT2D eigenvalue weighted by Gasteiger charge is -2.02. The van der Waals surface area contributed by atoms with E-state index < -0.39 is 11.8 Å². The number of halogens is 1. The second kappa shape index (κ2) is 5.51. The van der Waals surface area contributed by atoms with Gasteiger partial charge in [-0.15, -0.1) is 0 Å². The van der Waals surface area contributed by atoms with Crippen LogP contribution in [0.3, 0.4) is 0 Å². The van der Waals surface area contributed by atoms with Gasteiger partial charge >= 0.3 is 5.97 Å². The molecule has 0 radical (unpaired) electrons. The van der Waals surface area contributed by atoms with Gasteiger partial charge in [0.2, 0.25) is 0 Å². The van der Waals surface area contributed by atoms with Gasteiger partial charge in [-0.1, -0.05) is 0 Å². The first-order valence-electron chi connectivity index (χ1n) is 5.72. The lowest BCUT2D eigenvalue weighted by Crippen LogP contribution is -2.04. The molecular formula is C13H13FN2O3. The number of nitrogens with zero attached hydrogens (tertiary/aromatic N) is 1. The van der Waals surface area contributed by atoms with E-state index in [0.717, 1.165) is 0 Å². The maximum atomic E-state index is 13.8. The van der Waals surface area contributed by atoms with Crippen LogP contribution in [0, 0.1) is 5.82 Å². The zero-order valence-corrected chi connectivity index (χ0v) is 10.6. The molecule has 100 valence electrons. The average Bonchev–Trinajstić information content (AvgIpc) is 2.88. The van der Waals surface area contributed by atoms with Crippen LogP contribution in [0.15, 0.2) is 24.3 Å². The summed E-state index contributed by atoms with van der Waals surface area (Å²) in [7, 11) is 1.46. The molecule has 0 unspecified atom stereocenters. The zero-order valence-electron chi connectivity index (χ0n) is 10.6. The van der Waals surface area contributed by atoms with E-state index in [2.05, 4.69) is 10.2 Å². The van der Waals surface area contributed by atoms with Crippen molar-refractivity contribution >= 4 is 5.97 Å². The number of esters is 1. The molecular weight excluding hydrogens is 251 g/mol. The number of hydrogen-bond acceptors (Lipinski definition) is 4. The molecule has 0 spiro atoms.